The maximum Gasteiger partial charge on any atom is 0.264 e. The first-order valence-corrected chi connectivity index (χ1v) is 11.0. The van der Waals surface area contributed by atoms with Gasteiger partial charge in [-0.05, 0) is 67.1 Å². The van der Waals surface area contributed by atoms with Gasteiger partial charge >= 0.3 is 0 Å². The number of hydrogen-bond donors (Lipinski definition) is 1. The van der Waals surface area contributed by atoms with Crippen molar-refractivity contribution in [3.8, 4) is 11.5 Å². The smallest absolute Gasteiger partial charge is 0.264 e. The zero-order chi connectivity index (χ0) is 21.8. The number of thioether (sulfide) groups is 1. The molecule has 158 valence electrons. The molecule has 1 saturated heterocycles. The van der Waals surface area contributed by atoms with Crippen molar-refractivity contribution in [1.82, 2.24) is 5.32 Å². The third kappa shape index (κ3) is 5.43. The number of ether oxygens (including phenoxy) is 2. The molecule has 0 aromatic heterocycles. The fourth-order valence-corrected chi connectivity index (χ4v) is 3.92. The first kappa shape index (κ1) is 22.8. The van der Waals surface area contributed by atoms with Gasteiger partial charge in [0.05, 0.1) is 38.9 Å². The molecular weight excluding hydrogens is 467 g/mol. The highest BCUT2D eigenvalue weighted by Crippen LogP contribution is 2.39. The van der Waals surface area contributed by atoms with Crippen molar-refractivity contribution in [2.24, 2.45) is 4.99 Å². The normalized spacial score (nSPS) is 17.3. The summed E-state index contributed by atoms with van der Waals surface area (Å²) in [6.45, 7) is 3.98. The van der Waals surface area contributed by atoms with Crippen LogP contribution >= 0.6 is 46.6 Å². The second-order valence-electron chi connectivity index (χ2n) is 6.45. The van der Waals surface area contributed by atoms with Crippen molar-refractivity contribution in [2.75, 3.05) is 7.11 Å². The van der Waals surface area contributed by atoms with Crippen LogP contribution in [0.1, 0.15) is 25.8 Å². The van der Waals surface area contributed by atoms with Gasteiger partial charge in [0.2, 0.25) is 0 Å². The summed E-state index contributed by atoms with van der Waals surface area (Å²) in [6.07, 6.45) is 2.55. The van der Waals surface area contributed by atoms with Crippen molar-refractivity contribution in [2.45, 2.75) is 26.4 Å². The van der Waals surface area contributed by atoms with Crippen LogP contribution in [-0.4, -0.2) is 24.3 Å². The third-order valence-electron chi connectivity index (χ3n) is 4.23. The van der Waals surface area contributed by atoms with E-state index in [4.69, 9.17) is 44.3 Å². The SMILES string of the molecule is CC[C@@H](C)Oc1c(Cl)cc(/C=C2\SC(=Nc3ccc(Cl)c(Cl)c3)NC2=O)cc1OC. The first-order valence-electron chi connectivity index (χ1n) is 9.09. The predicted octanol–water partition coefficient (Wildman–Crippen LogP) is 6.72. The lowest BCUT2D eigenvalue weighted by Crippen LogP contribution is -2.19. The predicted molar refractivity (Wildman–Crippen MR) is 126 cm³/mol. The fourth-order valence-electron chi connectivity index (χ4n) is 2.53. The topological polar surface area (TPSA) is 59.9 Å². The molecule has 2 aromatic carbocycles. The molecule has 1 aliphatic heterocycles. The average Bonchev–Trinajstić information content (AvgIpc) is 3.05. The van der Waals surface area contributed by atoms with Crippen molar-refractivity contribution in [3.63, 3.8) is 0 Å². The van der Waals surface area contributed by atoms with Crippen LogP contribution in [-0.2, 0) is 4.79 Å². The summed E-state index contributed by atoms with van der Waals surface area (Å²) in [7, 11) is 1.55. The summed E-state index contributed by atoms with van der Waals surface area (Å²) in [5.74, 6) is 0.734. The molecule has 1 N–H and O–H groups in total. The summed E-state index contributed by atoms with van der Waals surface area (Å²) in [4.78, 5) is 17.3. The van der Waals surface area contributed by atoms with Crippen LogP contribution in [0.25, 0.3) is 6.08 Å². The number of methoxy groups -OCH3 is 1. The number of amides is 1. The van der Waals surface area contributed by atoms with Crippen LogP contribution in [0.2, 0.25) is 15.1 Å². The molecule has 1 atom stereocenters. The summed E-state index contributed by atoms with van der Waals surface area (Å²) in [6, 6.07) is 8.51. The molecule has 0 bridgehead atoms. The number of carbonyl (C=O) groups excluding carboxylic acids is 1. The fraction of sp³-hybridized carbons (Fsp3) is 0.238. The molecule has 30 heavy (non-hydrogen) atoms. The molecule has 5 nitrogen and oxygen atoms in total. The number of nitrogens with one attached hydrogen (secondary N) is 1. The van der Waals surface area contributed by atoms with E-state index in [2.05, 4.69) is 10.3 Å². The molecule has 0 radical (unpaired) electrons. The van der Waals surface area contributed by atoms with E-state index in [-0.39, 0.29) is 12.0 Å². The standard InChI is InChI=1S/C21H19Cl3N2O3S/c1-4-11(2)29-19-16(24)7-12(8-17(19)28-3)9-18-20(27)26-21(30-18)25-13-5-6-14(22)15(23)10-13/h5-11H,4H2,1-3H3,(H,25,26,27)/b18-9-/t11-/m1/s1. The van der Waals surface area contributed by atoms with Crippen molar-refractivity contribution in [1.29, 1.82) is 0 Å². The first-order chi connectivity index (χ1) is 14.3. The largest absolute Gasteiger partial charge is 0.493 e. The Morgan fingerprint density at radius 2 is 1.93 bits per heavy atom. The van der Waals surface area contributed by atoms with Crippen LogP contribution in [0.5, 0.6) is 11.5 Å². The number of amidine groups is 1. The Hall–Kier alpha value is -1.86. The number of carbonyl (C=O) groups is 1. The molecule has 9 heteroatoms. The highest BCUT2D eigenvalue weighted by atomic mass is 35.5. The summed E-state index contributed by atoms with van der Waals surface area (Å²) in [5, 5.41) is 4.43. The number of benzene rings is 2. The highest BCUT2D eigenvalue weighted by molar-refractivity contribution is 8.18. The van der Waals surface area contributed by atoms with Crippen LogP contribution in [0.15, 0.2) is 40.2 Å². The van der Waals surface area contributed by atoms with E-state index in [1.54, 1.807) is 43.5 Å². The zero-order valence-corrected chi connectivity index (χ0v) is 19.5. The maximum absolute atomic E-state index is 12.4. The van der Waals surface area contributed by atoms with Gasteiger partial charge in [0.15, 0.2) is 16.7 Å². The molecule has 0 aliphatic carbocycles. The summed E-state index contributed by atoms with van der Waals surface area (Å²) >= 11 is 19.6. The Kier molecular flexibility index (Phi) is 7.58. The Bertz CT molecular complexity index is 1040. The second-order valence-corrected chi connectivity index (χ2v) is 8.70. The van der Waals surface area contributed by atoms with Crippen LogP contribution in [0.4, 0.5) is 5.69 Å². The molecule has 0 unspecified atom stereocenters. The van der Waals surface area contributed by atoms with Crippen molar-refractivity contribution in [3.05, 3.63) is 55.9 Å². The average molecular weight is 486 g/mol. The quantitative estimate of drug-likeness (QED) is 0.461. The van der Waals surface area contributed by atoms with E-state index < -0.39 is 0 Å². The van der Waals surface area contributed by atoms with Gasteiger partial charge in [-0.1, -0.05) is 41.7 Å². The van der Waals surface area contributed by atoms with Crippen molar-refractivity contribution < 1.29 is 14.3 Å². The molecule has 1 fully saturated rings. The van der Waals surface area contributed by atoms with Crippen LogP contribution in [0.3, 0.4) is 0 Å². The monoisotopic (exact) mass is 484 g/mol. The zero-order valence-electron chi connectivity index (χ0n) is 16.5. The van der Waals surface area contributed by atoms with Gasteiger partial charge in [0, 0.05) is 0 Å². The number of nitrogens with zero attached hydrogens (tertiary/aromatic N) is 1. The Labute approximate surface area is 194 Å². The summed E-state index contributed by atoms with van der Waals surface area (Å²) in [5.41, 5.74) is 1.30. The molecule has 0 saturated carbocycles. The minimum atomic E-state index is -0.256. The molecular formula is C21H19Cl3N2O3S. The van der Waals surface area contributed by atoms with Gasteiger partial charge in [0.25, 0.3) is 5.91 Å². The molecule has 1 amide bonds. The highest BCUT2D eigenvalue weighted by Gasteiger charge is 2.24. The lowest BCUT2D eigenvalue weighted by molar-refractivity contribution is -0.115. The van der Waals surface area contributed by atoms with Gasteiger partial charge in [-0.2, -0.15) is 0 Å². The van der Waals surface area contributed by atoms with E-state index >= 15 is 0 Å². The Morgan fingerprint density at radius 1 is 1.17 bits per heavy atom. The molecule has 1 aliphatic rings. The van der Waals surface area contributed by atoms with E-state index in [0.717, 1.165) is 6.42 Å². The van der Waals surface area contributed by atoms with Gasteiger partial charge in [0.1, 0.15) is 0 Å². The third-order valence-corrected chi connectivity index (χ3v) is 6.16. The van der Waals surface area contributed by atoms with E-state index in [1.165, 1.54) is 11.8 Å². The number of rotatable bonds is 6. The van der Waals surface area contributed by atoms with Crippen LogP contribution < -0.4 is 14.8 Å². The molecule has 3 rings (SSSR count). The lowest BCUT2D eigenvalue weighted by atomic mass is 10.1. The lowest BCUT2D eigenvalue weighted by Gasteiger charge is -2.17. The van der Waals surface area contributed by atoms with E-state index in [1.807, 2.05) is 13.8 Å². The minimum absolute atomic E-state index is 0.00286. The minimum Gasteiger partial charge on any atom is -0.493 e. The molecule has 0 spiro atoms. The van der Waals surface area contributed by atoms with Crippen molar-refractivity contribution >= 4 is 69.4 Å². The van der Waals surface area contributed by atoms with Crippen LogP contribution in [0, 0.1) is 0 Å². The number of halogens is 3. The van der Waals surface area contributed by atoms with E-state index in [0.29, 0.717) is 47.9 Å². The van der Waals surface area contributed by atoms with E-state index in [9.17, 15) is 4.79 Å². The van der Waals surface area contributed by atoms with Gasteiger partial charge < -0.3 is 14.8 Å². The maximum atomic E-state index is 12.4. The second kappa shape index (κ2) is 9.96. The van der Waals surface area contributed by atoms with Gasteiger partial charge in [-0.15, -0.1) is 0 Å². The molecule has 1 heterocycles. The number of hydrogen-bond acceptors (Lipinski definition) is 5. The van der Waals surface area contributed by atoms with Gasteiger partial charge in [-0.3, -0.25) is 4.79 Å². The number of aliphatic imine (C=N–C) groups is 1. The Balaban J connectivity index is 1.86. The molecule has 2 aromatic rings. The Morgan fingerprint density at radius 3 is 2.60 bits per heavy atom. The summed E-state index contributed by atoms with van der Waals surface area (Å²) < 4.78 is 11.3. The van der Waals surface area contributed by atoms with Gasteiger partial charge in [-0.25, -0.2) is 4.99 Å².